The first-order valence-corrected chi connectivity index (χ1v) is 9.22. The van der Waals surface area contributed by atoms with E-state index in [-0.39, 0.29) is 12.3 Å². The fraction of sp³-hybridized carbons (Fsp3) is 0.632. The van der Waals surface area contributed by atoms with Crippen molar-refractivity contribution in [3.8, 4) is 0 Å². The van der Waals surface area contributed by atoms with Gasteiger partial charge in [-0.15, -0.1) is 0 Å². The van der Waals surface area contributed by atoms with Gasteiger partial charge in [0.15, 0.2) is 5.82 Å². The minimum Gasteiger partial charge on any atom is -0.447 e. The van der Waals surface area contributed by atoms with Gasteiger partial charge in [-0.25, -0.2) is 14.0 Å². The number of halogens is 4. The molecule has 1 fully saturated rings. The second-order valence-electron chi connectivity index (χ2n) is 8.84. The molecule has 0 aromatic carbocycles. The van der Waals surface area contributed by atoms with Crippen LogP contribution < -0.4 is 10.6 Å². The highest BCUT2D eigenvalue weighted by atomic mass is 19.4. The molecule has 1 saturated carbocycles. The van der Waals surface area contributed by atoms with Crippen molar-refractivity contribution in [2.24, 2.45) is 0 Å². The molecule has 0 bridgehead atoms. The SMILES string of the molecule is CC(C)(COC(=O)NC1(c2cc(C(F)(F)F)c(F)cn2)CC1)NC(=O)OC(C)(C)C. The summed E-state index contributed by atoms with van der Waals surface area (Å²) in [7, 11) is 0. The lowest BCUT2D eigenvalue weighted by Gasteiger charge is -2.28. The second kappa shape index (κ2) is 7.92. The van der Waals surface area contributed by atoms with E-state index in [2.05, 4.69) is 15.6 Å². The van der Waals surface area contributed by atoms with Crippen molar-refractivity contribution in [1.82, 2.24) is 15.6 Å². The topological polar surface area (TPSA) is 89.5 Å². The lowest BCUT2D eigenvalue weighted by molar-refractivity contribution is -0.140. The Morgan fingerprint density at radius 1 is 1.13 bits per heavy atom. The van der Waals surface area contributed by atoms with Crippen LogP contribution in [-0.4, -0.2) is 34.9 Å². The summed E-state index contributed by atoms with van der Waals surface area (Å²) in [6.45, 7) is 8.09. The lowest BCUT2D eigenvalue weighted by Crippen LogP contribution is -2.50. The van der Waals surface area contributed by atoms with Crippen LogP contribution in [0.25, 0.3) is 0 Å². The van der Waals surface area contributed by atoms with Crippen LogP contribution >= 0.6 is 0 Å². The smallest absolute Gasteiger partial charge is 0.419 e. The third kappa shape index (κ3) is 6.46. The van der Waals surface area contributed by atoms with Gasteiger partial charge < -0.3 is 20.1 Å². The Morgan fingerprint density at radius 3 is 2.23 bits per heavy atom. The molecule has 0 unspecified atom stereocenters. The summed E-state index contributed by atoms with van der Waals surface area (Å²) >= 11 is 0. The first-order chi connectivity index (χ1) is 13.5. The van der Waals surface area contributed by atoms with Crippen LogP contribution in [0.4, 0.5) is 27.2 Å². The van der Waals surface area contributed by atoms with Gasteiger partial charge in [0.2, 0.25) is 0 Å². The Morgan fingerprint density at radius 2 is 1.73 bits per heavy atom. The number of aromatic nitrogens is 1. The molecule has 0 atom stereocenters. The lowest BCUT2D eigenvalue weighted by atomic mass is 10.1. The summed E-state index contributed by atoms with van der Waals surface area (Å²) in [6, 6.07) is 0.594. The minimum atomic E-state index is -4.88. The van der Waals surface area contributed by atoms with Crippen LogP contribution in [0.15, 0.2) is 12.3 Å². The van der Waals surface area contributed by atoms with E-state index in [9.17, 15) is 27.2 Å². The number of alkyl carbamates (subject to hydrolysis) is 2. The van der Waals surface area contributed by atoms with Gasteiger partial charge in [-0.2, -0.15) is 13.2 Å². The molecule has 0 aliphatic heterocycles. The molecular weight excluding hydrogens is 410 g/mol. The third-order valence-electron chi connectivity index (χ3n) is 4.15. The van der Waals surface area contributed by atoms with Crippen molar-refractivity contribution in [2.45, 2.75) is 70.3 Å². The molecular formula is C19H25F4N3O4. The van der Waals surface area contributed by atoms with Crippen molar-refractivity contribution in [3.63, 3.8) is 0 Å². The van der Waals surface area contributed by atoms with E-state index < -0.39 is 46.4 Å². The minimum absolute atomic E-state index is 0.0979. The first-order valence-electron chi connectivity index (χ1n) is 9.22. The molecule has 0 spiro atoms. The quantitative estimate of drug-likeness (QED) is 0.675. The monoisotopic (exact) mass is 435 g/mol. The molecule has 0 radical (unpaired) electrons. The molecule has 168 valence electrons. The first kappa shape index (κ1) is 23.7. The number of carbonyl (C=O) groups is 2. The molecule has 2 amide bonds. The number of hydrogen-bond acceptors (Lipinski definition) is 5. The number of amides is 2. The molecule has 1 aliphatic rings. The molecule has 1 aliphatic carbocycles. The number of ether oxygens (including phenoxy) is 2. The fourth-order valence-electron chi connectivity index (χ4n) is 2.58. The number of rotatable bonds is 5. The van der Waals surface area contributed by atoms with E-state index >= 15 is 0 Å². The van der Waals surface area contributed by atoms with Gasteiger partial charge in [-0.3, -0.25) is 4.98 Å². The van der Waals surface area contributed by atoms with E-state index in [1.54, 1.807) is 34.6 Å². The van der Waals surface area contributed by atoms with Gasteiger partial charge in [0.1, 0.15) is 12.2 Å². The van der Waals surface area contributed by atoms with Gasteiger partial charge in [-0.1, -0.05) is 0 Å². The van der Waals surface area contributed by atoms with Gasteiger partial charge in [0.25, 0.3) is 0 Å². The molecule has 1 aromatic rings. The predicted molar refractivity (Wildman–Crippen MR) is 98.0 cm³/mol. The van der Waals surface area contributed by atoms with E-state index in [4.69, 9.17) is 9.47 Å². The zero-order valence-electron chi connectivity index (χ0n) is 17.4. The molecule has 2 N–H and O–H groups in total. The number of carbonyl (C=O) groups excluding carboxylic acids is 2. The van der Waals surface area contributed by atoms with Crippen molar-refractivity contribution in [2.75, 3.05) is 6.61 Å². The maximum absolute atomic E-state index is 13.5. The number of nitrogens with zero attached hydrogens (tertiary/aromatic N) is 1. The Bertz CT molecular complexity index is 815. The highest BCUT2D eigenvalue weighted by molar-refractivity contribution is 5.70. The largest absolute Gasteiger partial charge is 0.447 e. The van der Waals surface area contributed by atoms with E-state index in [1.807, 2.05) is 0 Å². The second-order valence-corrected chi connectivity index (χ2v) is 8.84. The van der Waals surface area contributed by atoms with E-state index in [1.165, 1.54) is 0 Å². The van der Waals surface area contributed by atoms with Crippen molar-refractivity contribution in [1.29, 1.82) is 0 Å². The summed E-state index contributed by atoms with van der Waals surface area (Å²) < 4.78 is 62.5. The van der Waals surface area contributed by atoms with Gasteiger partial charge in [-0.05, 0) is 53.5 Å². The zero-order valence-corrected chi connectivity index (χ0v) is 17.4. The molecule has 2 rings (SSSR count). The predicted octanol–water partition coefficient (Wildman–Crippen LogP) is 4.26. The van der Waals surface area contributed by atoms with Crippen LogP contribution in [0.5, 0.6) is 0 Å². The average molecular weight is 435 g/mol. The highest BCUT2D eigenvalue weighted by Crippen LogP contribution is 2.46. The summed E-state index contributed by atoms with van der Waals surface area (Å²) in [5, 5.41) is 5.05. The summed E-state index contributed by atoms with van der Waals surface area (Å²) in [6.07, 6.45) is -5.32. The fourth-order valence-corrected chi connectivity index (χ4v) is 2.58. The van der Waals surface area contributed by atoms with Crippen molar-refractivity contribution in [3.05, 3.63) is 29.3 Å². The van der Waals surface area contributed by atoms with Crippen molar-refractivity contribution < 1.29 is 36.6 Å². The third-order valence-corrected chi connectivity index (χ3v) is 4.15. The van der Waals surface area contributed by atoms with Gasteiger partial charge in [0, 0.05) is 0 Å². The van der Waals surface area contributed by atoms with Crippen LogP contribution in [0, 0.1) is 5.82 Å². The van der Waals surface area contributed by atoms with Gasteiger partial charge in [0.05, 0.1) is 28.5 Å². The molecule has 1 aromatic heterocycles. The standard InChI is InChI=1S/C19H25F4N3O4/c1-16(2,3)30-15(28)25-17(4,5)10-29-14(27)26-18(6-7-18)13-8-11(19(21,22)23)12(20)9-24-13/h8-9H,6-7,10H2,1-5H3,(H,25,28)(H,26,27). The Hall–Kier alpha value is -2.59. The molecule has 1 heterocycles. The number of hydrogen-bond donors (Lipinski definition) is 2. The maximum atomic E-state index is 13.5. The van der Waals surface area contributed by atoms with Crippen LogP contribution in [-0.2, 0) is 21.2 Å². The normalized spacial score (nSPS) is 15.9. The zero-order chi connectivity index (χ0) is 23.0. The molecule has 11 heteroatoms. The van der Waals surface area contributed by atoms with E-state index in [0.717, 1.165) is 0 Å². The van der Waals surface area contributed by atoms with E-state index in [0.29, 0.717) is 25.1 Å². The summed E-state index contributed by atoms with van der Waals surface area (Å²) in [5.74, 6) is -1.49. The molecule has 30 heavy (non-hydrogen) atoms. The summed E-state index contributed by atoms with van der Waals surface area (Å²) in [5.41, 5.74) is -4.36. The molecule has 7 nitrogen and oxygen atoms in total. The van der Waals surface area contributed by atoms with Crippen LogP contribution in [0.2, 0.25) is 0 Å². The Labute approximate surface area is 171 Å². The maximum Gasteiger partial charge on any atom is 0.419 e. The Balaban J connectivity index is 1.97. The number of pyridine rings is 1. The highest BCUT2D eigenvalue weighted by Gasteiger charge is 2.49. The average Bonchev–Trinajstić information content (AvgIpc) is 3.30. The van der Waals surface area contributed by atoms with Crippen LogP contribution in [0.1, 0.15) is 58.7 Å². The van der Waals surface area contributed by atoms with Gasteiger partial charge >= 0.3 is 18.4 Å². The Kier molecular flexibility index (Phi) is 6.25. The number of alkyl halides is 3. The van der Waals surface area contributed by atoms with Crippen molar-refractivity contribution >= 4 is 12.2 Å². The molecule has 0 saturated heterocycles. The number of nitrogens with one attached hydrogen (secondary N) is 2. The summed E-state index contributed by atoms with van der Waals surface area (Å²) in [4.78, 5) is 27.7. The van der Waals surface area contributed by atoms with Crippen LogP contribution in [0.3, 0.4) is 0 Å².